The van der Waals surface area contributed by atoms with Crippen molar-refractivity contribution in [2.75, 3.05) is 24.1 Å². The molecule has 0 radical (unpaired) electrons. The summed E-state index contributed by atoms with van der Waals surface area (Å²) in [5.41, 5.74) is 8.93. The Hall–Kier alpha value is -2.67. The van der Waals surface area contributed by atoms with Gasteiger partial charge in [0, 0.05) is 36.4 Å². The third kappa shape index (κ3) is 3.94. The van der Waals surface area contributed by atoms with Gasteiger partial charge in [-0.3, -0.25) is 4.90 Å². The van der Waals surface area contributed by atoms with E-state index in [0.29, 0.717) is 29.2 Å². The SMILES string of the molecule is CC(C)N(CCNc1nc(-c2cccc(N)c2)nc2nc[nH]c12)C(C)C. The average molecular weight is 353 g/mol. The van der Waals surface area contributed by atoms with E-state index in [2.05, 4.69) is 52.9 Å². The fourth-order valence-electron chi connectivity index (χ4n) is 3.18. The van der Waals surface area contributed by atoms with E-state index >= 15 is 0 Å². The van der Waals surface area contributed by atoms with Gasteiger partial charge in [0.1, 0.15) is 5.52 Å². The molecule has 0 atom stereocenters. The smallest absolute Gasteiger partial charge is 0.183 e. The van der Waals surface area contributed by atoms with Gasteiger partial charge < -0.3 is 16.0 Å². The molecule has 26 heavy (non-hydrogen) atoms. The molecule has 0 spiro atoms. The zero-order valence-corrected chi connectivity index (χ0v) is 15.8. The molecule has 0 aliphatic heterocycles. The van der Waals surface area contributed by atoms with Crippen LogP contribution >= 0.6 is 0 Å². The maximum absolute atomic E-state index is 5.90. The summed E-state index contributed by atoms with van der Waals surface area (Å²) in [5, 5.41) is 3.44. The summed E-state index contributed by atoms with van der Waals surface area (Å²) in [6.07, 6.45) is 1.64. The number of aromatic nitrogens is 4. The highest BCUT2D eigenvalue weighted by Gasteiger charge is 2.15. The number of anilines is 2. The molecule has 3 aromatic rings. The van der Waals surface area contributed by atoms with Crippen LogP contribution in [0.5, 0.6) is 0 Å². The highest BCUT2D eigenvalue weighted by molar-refractivity contribution is 5.84. The van der Waals surface area contributed by atoms with Crippen LogP contribution in [0.2, 0.25) is 0 Å². The van der Waals surface area contributed by atoms with Crippen LogP contribution in [0.1, 0.15) is 27.7 Å². The van der Waals surface area contributed by atoms with Crippen LogP contribution in [0.4, 0.5) is 11.5 Å². The lowest BCUT2D eigenvalue weighted by Gasteiger charge is -2.30. The Balaban J connectivity index is 1.84. The molecule has 2 heterocycles. The Kier molecular flexibility index (Phi) is 5.37. The molecule has 0 bridgehead atoms. The number of nitrogens with zero attached hydrogens (tertiary/aromatic N) is 4. The Labute approximate surface area is 154 Å². The molecule has 0 amide bonds. The van der Waals surface area contributed by atoms with Crippen molar-refractivity contribution in [3.8, 4) is 11.4 Å². The second-order valence-electron chi connectivity index (χ2n) is 6.97. The number of H-pyrrole nitrogens is 1. The van der Waals surface area contributed by atoms with Gasteiger partial charge in [-0.1, -0.05) is 12.1 Å². The van der Waals surface area contributed by atoms with Crippen molar-refractivity contribution < 1.29 is 0 Å². The Morgan fingerprint density at radius 2 is 1.92 bits per heavy atom. The van der Waals surface area contributed by atoms with Crippen molar-refractivity contribution in [3.63, 3.8) is 0 Å². The van der Waals surface area contributed by atoms with Crippen LogP contribution in [-0.2, 0) is 0 Å². The molecule has 0 saturated carbocycles. The van der Waals surface area contributed by atoms with Crippen LogP contribution in [0.25, 0.3) is 22.6 Å². The molecule has 1 aromatic carbocycles. The van der Waals surface area contributed by atoms with Crippen molar-refractivity contribution in [1.29, 1.82) is 0 Å². The lowest BCUT2D eigenvalue weighted by atomic mass is 10.2. The van der Waals surface area contributed by atoms with E-state index in [9.17, 15) is 0 Å². The molecule has 7 heteroatoms. The summed E-state index contributed by atoms with van der Waals surface area (Å²) in [7, 11) is 0. The molecular weight excluding hydrogens is 326 g/mol. The quantitative estimate of drug-likeness (QED) is 0.565. The summed E-state index contributed by atoms with van der Waals surface area (Å²) in [4.78, 5) is 19.1. The minimum atomic E-state index is 0.497. The number of hydrogen-bond acceptors (Lipinski definition) is 6. The lowest BCUT2D eigenvalue weighted by molar-refractivity contribution is 0.182. The van der Waals surface area contributed by atoms with E-state index in [1.54, 1.807) is 6.33 Å². The van der Waals surface area contributed by atoms with E-state index in [1.807, 2.05) is 24.3 Å². The molecule has 4 N–H and O–H groups in total. The van der Waals surface area contributed by atoms with Gasteiger partial charge in [-0.15, -0.1) is 0 Å². The first-order valence-electron chi connectivity index (χ1n) is 9.02. The van der Waals surface area contributed by atoms with Crippen molar-refractivity contribution in [3.05, 3.63) is 30.6 Å². The number of nitrogens with two attached hydrogens (primary N) is 1. The highest BCUT2D eigenvalue weighted by Crippen LogP contribution is 2.23. The summed E-state index contributed by atoms with van der Waals surface area (Å²) >= 11 is 0. The van der Waals surface area contributed by atoms with E-state index in [0.717, 1.165) is 30.0 Å². The predicted octanol–water partition coefficient (Wildman–Crippen LogP) is 3.13. The van der Waals surface area contributed by atoms with Gasteiger partial charge in [0.05, 0.1) is 6.33 Å². The monoisotopic (exact) mass is 353 g/mol. The molecule has 7 nitrogen and oxygen atoms in total. The number of hydrogen-bond donors (Lipinski definition) is 3. The van der Waals surface area contributed by atoms with E-state index in [-0.39, 0.29) is 0 Å². The standard InChI is InChI=1S/C19H27N7/c1-12(2)26(13(3)4)9-8-21-18-16-19(23-11-22-16)25-17(24-18)14-6-5-7-15(20)10-14/h5-7,10-13H,8-9,20H2,1-4H3,(H2,21,22,23,24,25). The number of aromatic amines is 1. The maximum Gasteiger partial charge on any atom is 0.183 e. The van der Waals surface area contributed by atoms with Gasteiger partial charge in [-0.2, -0.15) is 0 Å². The van der Waals surface area contributed by atoms with Crippen molar-refractivity contribution >= 4 is 22.7 Å². The van der Waals surface area contributed by atoms with Gasteiger partial charge in [0.25, 0.3) is 0 Å². The second-order valence-corrected chi connectivity index (χ2v) is 6.97. The zero-order chi connectivity index (χ0) is 18.7. The van der Waals surface area contributed by atoms with Gasteiger partial charge >= 0.3 is 0 Å². The van der Waals surface area contributed by atoms with Gasteiger partial charge in [-0.25, -0.2) is 15.0 Å². The average Bonchev–Trinajstić information content (AvgIpc) is 3.06. The summed E-state index contributed by atoms with van der Waals surface area (Å²) < 4.78 is 0. The number of rotatable bonds is 7. The van der Waals surface area contributed by atoms with Gasteiger partial charge in [0.2, 0.25) is 0 Å². The first kappa shape index (κ1) is 18.1. The summed E-state index contributed by atoms with van der Waals surface area (Å²) in [6.45, 7) is 10.6. The van der Waals surface area contributed by atoms with Gasteiger partial charge in [0.15, 0.2) is 17.3 Å². The van der Waals surface area contributed by atoms with Crippen LogP contribution in [0.15, 0.2) is 30.6 Å². The Morgan fingerprint density at radius 3 is 2.62 bits per heavy atom. The van der Waals surface area contributed by atoms with Gasteiger partial charge in [-0.05, 0) is 39.8 Å². The van der Waals surface area contributed by atoms with Crippen molar-refractivity contribution in [1.82, 2.24) is 24.8 Å². The normalized spacial score (nSPS) is 11.8. The van der Waals surface area contributed by atoms with Crippen LogP contribution in [-0.4, -0.2) is 50.0 Å². The summed E-state index contributed by atoms with van der Waals surface area (Å²) in [6, 6.07) is 8.57. The second kappa shape index (κ2) is 7.70. The molecule has 0 saturated heterocycles. The number of fused-ring (bicyclic) bond motifs is 1. The van der Waals surface area contributed by atoms with Crippen LogP contribution in [0.3, 0.4) is 0 Å². The molecule has 138 valence electrons. The topological polar surface area (TPSA) is 95.8 Å². The maximum atomic E-state index is 5.90. The number of imidazole rings is 1. The third-order valence-corrected chi connectivity index (χ3v) is 4.42. The number of benzene rings is 1. The summed E-state index contributed by atoms with van der Waals surface area (Å²) in [5.74, 6) is 1.38. The molecule has 2 aromatic heterocycles. The highest BCUT2D eigenvalue weighted by atomic mass is 15.2. The molecule has 3 rings (SSSR count). The fourth-order valence-corrected chi connectivity index (χ4v) is 3.18. The van der Waals surface area contributed by atoms with Crippen LogP contribution < -0.4 is 11.1 Å². The van der Waals surface area contributed by atoms with E-state index in [4.69, 9.17) is 10.7 Å². The molecule has 0 fully saturated rings. The first-order valence-corrected chi connectivity index (χ1v) is 9.02. The Bertz CT molecular complexity index is 861. The lowest BCUT2D eigenvalue weighted by Crippen LogP contribution is -2.40. The first-order chi connectivity index (χ1) is 12.5. The number of nitrogen functional groups attached to an aromatic ring is 1. The van der Waals surface area contributed by atoms with E-state index in [1.165, 1.54) is 0 Å². The minimum Gasteiger partial charge on any atom is -0.399 e. The predicted molar refractivity (Wildman–Crippen MR) is 107 cm³/mol. The third-order valence-electron chi connectivity index (χ3n) is 4.42. The van der Waals surface area contributed by atoms with E-state index < -0.39 is 0 Å². The Morgan fingerprint density at radius 1 is 1.15 bits per heavy atom. The fraction of sp³-hybridized carbons (Fsp3) is 0.421. The van der Waals surface area contributed by atoms with Crippen LogP contribution in [0, 0.1) is 0 Å². The van der Waals surface area contributed by atoms with Crippen molar-refractivity contribution in [2.45, 2.75) is 39.8 Å². The molecule has 0 aliphatic rings. The molecule has 0 unspecified atom stereocenters. The molecular formula is C19H27N7. The minimum absolute atomic E-state index is 0.497. The van der Waals surface area contributed by atoms with Crippen molar-refractivity contribution in [2.24, 2.45) is 0 Å². The number of nitrogens with one attached hydrogen (secondary N) is 2. The zero-order valence-electron chi connectivity index (χ0n) is 15.8. The molecule has 0 aliphatic carbocycles. The largest absolute Gasteiger partial charge is 0.399 e.